The van der Waals surface area contributed by atoms with Crippen LogP contribution in [0.5, 0.6) is 0 Å². The van der Waals surface area contributed by atoms with Crippen LogP contribution < -0.4 is 5.32 Å². The number of alkyl halides is 1. The molecule has 9 nitrogen and oxygen atoms in total. The Bertz CT molecular complexity index is 1120. The Balaban J connectivity index is 1.55. The molecule has 1 saturated heterocycles. The predicted octanol–water partition coefficient (Wildman–Crippen LogP) is 2.97. The highest BCUT2D eigenvalue weighted by Crippen LogP contribution is 2.43. The van der Waals surface area contributed by atoms with Gasteiger partial charge in [-0.25, -0.2) is 13.9 Å². The predicted molar refractivity (Wildman–Crippen MR) is 121 cm³/mol. The van der Waals surface area contributed by atoms with Crippen molar-refractivity contribution in [2.24, 2.45) is 0 Å². The van der Waals surface area contributed by atoms with Gasteiger partial charge < -0.3 is 19.9 Å². The lowest BCUT2D eigenvalue weighted by Gasteiger charge is -2.36. The lowest BCUT2D eigenvalue weighted by molar-refractivity contribution is -0.0341. The first kappa shape index (κ1) is 22.2. The van der Waals surface area contributed by atoms with Crippen molar-refractivity contribution in [1.29, 1.82) is 0 Å². The van der Waals surface area contributed by atoms with Crippen molar-refractivity contribution in [3.63, 3.8) is 0 Å². The van der Waals surface area contributed by atoms with Crippen LogP contribution in [0.1, 0.15) is 50.8 Å². The second-order valence-electron chi connectivity index (χ2n) is 9.54. The van der Waals surface area contributed by atoms with E-state index in [4.69, 9.17) is 14.6 Å². The van der Waals surface area contributed by atoms with E-state index in [1.165, 1.54) is 6.92 Å². The molecule has 2 aliphatic rings. The lowest BCUT2D eigenvalue weighted by Crippen LogP contribution is -2.40. The fourth-order valence-corrected chi connectivity index (χ4v) is 4.80. The summed E-state index contributed by atoms with van der Waals surface area (Å²) in [5, 5.41) is 22.7. The fraction of sp³-hybridized carbons (Fsp3) is 0.609. The lowest BCUT2D eigenvalue weighted by atomic mass is 9.77. The van der Waals surface area contributed by atoms with Gasteiger partial charge in [0, 0.05) is 42.1 Å². The van der Waals surface area contributed by atoms with Crippen LogP contribution in [0.25, 0.3) is 16.6 Å². The number of nitrogens with zero attached hydrogens (tertiary/aromatic N) is 5. The Hall–Kier alpha value is -2.56. The van der Waals surface area contributed by atoms with Crippen LogP contribution >= 0.6 is 0 Å². The summed E-state index contributed by atoms with van der Waals surface area (Å²) in [6, 6.07) is 2.37. The van der Waals surface area contributed by atoms with Gasteiger partial charge in [0.05, 0.1) is 49.9 Å². The van der Waals surface area contributed by atoms with Crippen LogP contribution in [-0.2, 0) is 9.47 Å². The minimum Gasteiger partial charge on any atom is -0.390 e. The molecule has 4 heterocycles. The van der Waals surface area contributed by atoms with Crippen molar-refractivity contribution in [3.05, 3.63) is 30.4 Å². The monoisotopic (exact) mass is 458 g/mol. The van der Waals surface area contributed by atoms with E-state index in [1.807, 2.05) is 28.5 Å². The van der Waals surface area contributed by atoms with Gasteiger partial charge in [-0.3, -0.25) is 4.68 Å². The molecule has 2 N–H and O–H groups in total. The van der Waals surface area contributed by atoms with Gasteiger partial charge in [0.15, 0.2) is 0 Å². The average Bonchev–Trinajstić information content (AvgIpc) is 3.33. The molecule has 1 aliphatic heterocycles. The van der Waals surface area contributed by atoms with Crippen LogP contribution in [0.3, 0.4) is 0 Å². The fourth-order valence-electron chi connectivity index (χ4n) is 4.80. The standard InChI is InChI=1S/C23H31FN6O3/c1-14(11-32-3)27-22-25-9-20-18(16-8-26-29(10-16)17-12-33-13-17)6-19(30(20)28-22)15-4-5-21(31)23(2,24)7-15/h6,8-10,14-15,17,21,31H,4-5,7,11-13H2,1-3H3,(H,27,28)/t14-,15-,21-,23?/m0/s1. The van der Waals surface area contributed by atoms with Gasteiger partial charge >= 0.3 is 0 Å². The summed E-state index contributed by atoms with van der Waals surface area (Å²) >= 11 is 0. The number of ether oxygens (including phenoxy) is 2. The Labute approximate surface area is 191 Å². The van der Waals surface area contributed by atoms with Crippen molar-refractivity contribution in [3.8, 4) is 11.1 Å². The van der Waals surface area contributed by atoms with Crippen molar-refractivity contribution < 1.29 is 19.0 Å². The molecule has 3 aromatic rings. The smallest absolute Gasteiger partial charge is 0.241 e. The molecule has 0 spiro atoms. The Morgan fingerprint density at radius 2 is 2.18 bits per heavy atom. The maximum absolute atomic E-state index is 15.1. The third-order valence-electron chi connectivity index (χ3n) is 6.79. The number of aliphatic hydroxyl groups excluding tert-OH is 1. The van der Waals surface area contributed by atoms with Gasteiger partial charge in [-0.2, -0.15) is 5.10 Å². The normalized spacial score (nSPS) is 26.9. The number of halogens is 1. The first-order valence-electron chi connectivity index (χ1n) is 11.5. The van der Waals surface area contributed by atoms with E-state index in [0.717, 1.165) is 22.3 Å². The summed E-state index contributed by atoms with van der Waals surface area (Å²) in [4.78, 5) is 4.52. The largest absolute Gasteiger partial charge is 0.390 e. The summed E-state index contributed by atoms with van der Waals surface area (Å²) in [6.07, 6.45) is 6.06. The molecular weight excluding hydrogens is 427 g/mol. The minimum atomic E-state index is -1.64. The van der Waals surface area contributed by atoms with Gasteiger partial charge in [0.1, 0.15) is 5.67 Å². The second-order valence-corrected chi connectivity index (χ2v) is 9.54. The van der Waals surface area contributed by atoms with Crippen LogP contribution in [0.15, 0.2) is 24.7 Å². The van der Waals surface area contributed by atoms with E-state index in [1.54, 1.807) is 13.3 Å². The van der Waals surface area contributed by atoms with E-state index in [0.29, 0.717) is 38.6 Å². The molecule has 0 aromatic carbocycles. The molecule has 33 heavy (non-hydrogen) atoms. The number of aromatic nitrogens is 5. The van der Waals surface area contributed by atoms with E-state index >= 15 is 4.39 Å². The highest BCUT2D eigenvalue weighted by molar-refractivity contribution is 5.81. The SMILES string of the molecule is COC[C@H](C)Nc1ncc2c(-c3cnn(C4COC4)c3)cc([C@H]3CC[C@H](O)C(C)(F)C3)n2n1. The maximum atomic E-state index is 15.1. The zero-order chi connectivity index (χ0) is 23.2. The summed E-state index contributed by atoms with van der Waals surface area (Å²) in [5.41, 5.74) is 2.04. The average molecular weight is 459 g/mol. The Kier molecular flexibility index (Phi) is 5.84. The molecule has 10 heteroatoms. The van der Waals surface area contributed by atoms with E-state index in [-0.39, 0.29) is 24.4 Å². The first-order chi connectivity index (χ1) is 15.9. The zero-order valence-electron chi connectivity index (χ0n) is 19.2. The van der Waals surface area contributed by atoms with Crippen molar-refractivity contribution >= 4 is 11.5 Å². The molecule has 0 bridgehead atoms. The quantitative estimate of drug-likeness (QED) is 0.562. The van der Waals surface area contributed by atoms with E-state index in [9.17, 15) is 5.11 Å². The third kappa shape index (κ3) is 4.22. The molecule has 3 aromatic heterocycles. The van der Waals surface area contributed by atoms with Crippen LogP contribution in [-0.4, -0.2) is 74.2 Å². The van der Waals surface area contributed by atoms with Crippen LogP contribution in [0.2, 0.25) is 0 Å². The summed E-state index contributed by atoms with van der Waals surface area (Å²) in [7, 11) is 1.65. The Morgan fingerprint density at radius 3 is 2.88 bits per heavy atom. The zero-order valence-corrected chi connectivity index (χ0v) is 19.2. The number of hydrogen-bond donors (Lipinski definition) is 2. The van der Waals surface area contributed by atoms with Crippen molar-refractivity contribution in [2.45, 2.75) is 62.9 Å². The molecular formula is C23H31FN6O3. The van der Waals surface area contributed by atoms with Crippen LogP contribution in [0.4, 0.5) is 10.3 Å². The highest BCUT2D eigenvalue weighted by atomic mass is 19.1. The van der Waals surface area contributed by atoms with Crippen molar-refractivity contribution in [1.82, 2.24) is 24.4 Å². The molecule has 0 amide bonds. The third-order valence-corrected chi connectivity index (χ3v) is 6.79. The Morgan fingerprint density at radius 1 is 1.36 bits per heavy atom. The number of methoxy groups -OCH3 is 1. The van der Waals surface area contributed by atoms with Gasteiger partial charge in [-0.05, 0) is 39.2 Å². The van der Waals surface area contributed by atoms with E-state index < -0.39 is 11.8 Å². The molecule has 5 rings (SSSR count). The summed E-state index contributed by atoms with van der Waals surface area (Å²) in [6.45, 7) is 5.34. The maximum Gasteiger partial charge on any atom is 0.241 e. The molecule has 0 radical (unpaired) electrons. The highest BCUT2D eigenvalue weighted by Gasteiger charge is 2.41. The molecule has 1 unspecified atom stereocenters. The summed E-state index contributed by atoms with van der Waals surface area (Å²) < 4.78 is 29.4. The molecule has 4 atom stereocenters. The van der Waals surface area contributed by atoms with Gasteiger partial charge in [0.25, 0.3) is 0 Å². The molecule has 1 saturated carbocycles. The van der Waals surface area contributed by atoms with Crippen LogP contribution in [0, 0.1) is 0 Å². The van der Waals surface area contributed by atoms with Gasteiger partial charge in [0.2, 0.25) is 5.95 Å². The van der Waals surface area contributed by atoms with Gasteiger partial charge in [-0.15, -0.1) is 5.10 Å². The summed E-state index contributed by atoms with van der Waals surface area (Å²) in [5.74, 6) is 0.412. The number of nitrogens with one attached hydrogen (secondary N) is 1. The number of fused-ring (bicyclic) bond motifs is 1. The molecule has 178 valence electrons. The number of aliphatic hydroxyl groups is 1. The van der Waals surface area contributed by atoms with E-state index in [2.05, 4.69) is 21.5 Å². The second kappa shape index (κ2) is 8.66. The molecule has 2 fully saturated rings. The van der Waals surface area contributed by atoms with Gasteiger partial charge in [-0.1, -0.05) is 0 Å². The topological polar surface area (TPSA) is 98.7 Å². The number of rotatable bonds is 7. The minimum absolute atomic E-state index is 0.0350. The number of anilines is 1. The number of hydrogen-bond acceptors (Lipinski definition) is 7. The molecule has 1 aliphatic carbocycles. The first-order valence-corrected chi connectivity index (χ1v) is 11.5. The van der Waals surface area contributed by atoms with Crippen molar-refractivity contribution in [2.75, 3.05) is 32.2 Å².